The van der Waals surface area contributed by atoms with Gasteiger partial charge in [-0.2, -0.15) is 0 Å². The van der Waals surface area contributed by atoms with Crippen LogP contribution in [0, 0.1) is 0 Å². The molecule has 0 aliphatic carbocycles. The van der Waals surface area contributed by atoms with Gasteiger partial charge >= 0.3 is 5.97 Å². The summed E-state index contributed by atoms with van der Waals surface area (Å²) in [5, 5.41) is 0. The fourth-order valence-electron chi connectivity index (χ4n) is 2.60. The monoisotopic (exact) mass is 340 g/mol. The van der Waals surface area contributed by atoms with Crippen LogP contribution < -0.4 is 0 Å². The van der Waals surface area contributed by atoms with Crippen LogP contribution in [-0.2, 0) is 4.74 Å². The molecule has 0 bridgehead atoms. The van der Waals surface area contributed by atoms with Crippen LogP contribution in [0.4, 0.5) is 0 Å². The van der Waals surface area contributed by atoms with Crippen molar-refractivity contribution in [3.8, 4) is 11.1 Å². The molecule has 128 valence electrons. The van der Waals surface area contributed by atoms with Crippen molar-refractivity contribution in [2.24, 2.45) is 0 Å². The molecule has 0 N–H and O–H groups in total. The average molecular weight is 340 g/mol. The zero-order valence-corrected chi connectivity index (χ0v) is 14.6. The van der Waals surface area contributed by atoms with Gasteiger partial charge in [0.2, 0.25) is 0 Å². The van der Waals surface area contributed by atoms with Crippen LogP contribution >= 0.6 is 0 Å². The van der Waals surface area contributed by atoms with Crippen molar-refractivity contribution in [3.63, 3.8) is 0 Å². The first-order chi connectivity index (χ1) is 12.8. The molecule has 3 aromatic rings. The molecule has 0 radical (unpaired) electrons. The van der Waals surface area contributed by atoms with Crippen molar-refractivity contribution in [2.45, 2.75) is 0 Å². The number of hydrogen-bond acceptors (Lipinski definition) is 2. The predicted octanol–water partition coefficient (Wildman–Crippen LogP) is 5.87. The van der Waals surface area contributed by atoms with E-state index in [-0.39, 0.29) is 5.97 Å². The van der Waals surface area contributed by atoms with Gasteiger partial charge in [-0.1, -0.05) is 91.0 Å². The van der Waals surface area contributed by atoms with E-state index in [1.54, 1.807) is 12.1 Å². The molecule has 0 aromatic heterocycles. The maximum Gasteiger partial charge on any atom is 0.337 e. The Bertz CT molecular complexity index is 903. The summed E-state index contributed by atoms with van der Waals surface area (Å²) in [5.41, 5.74) is 5.05. The number of benzene rings is 3. The fraction of sp³-hybridized carbons (Fsp3) is 0.0417. The van der Waals surface area contributed by atoms with Crippen molar-refractivity contribution in [1.29, 1.82) is 0 Å². The molecule has 0 aliphatic heterocycles. The van der Waals surface area contributed by atoms with Gasteiger partial charge in [0.1, 0.15) is 0 Å². The van der Waals surface area contributed by atoms with Crippen LogP contribution in [0.25, 0.3) is 23.3 Å². The largest absolute Gasteiger partial charge is 0.465 e. The first-order valence-electron chi connectivity index (χ1n) is 8.45. The van der Waals surface area contributed by atoms with E-state index in [1.807, 2.05) is 42.5 Å². The molecule has 0 heterocycles. The van der Waals surface area contributed by atoms with Gasteiger partial charge < -0.3 is 4.74 Å². The van der Waals surface area contributed by atoms with Gasteiger partial charge in [-0.3, -0.25) is 0 Å². The lowest BCUT2D eigenvalue weighted by Crippen LogP contribution is -2.00. The lowest BCUT2D eigenvalue weighted by atomic mass is 10.0. The Balaban J connectivity index is 1.65. The third-order valence-electron chi connectivity index (χ3n) is 4.04. The van der Waals surface area contributed by atoms with E-state index < -0.39 is 0 Å². The Hall–Kier alpha value is -3.39. The van der Waals surface area contributed by atoms with Gasteiger partial charge in [-0.05, 0) is 34.4 Å². The number of ether oxygens (including phenoxy) is 1. The van der Waals surface area contributed by atoms with Crippen molar-refractivity contribution < 1.29 is 9.53 Å². The SMILES string of the molecule is COC(=O)c1ccc(-c2ccc(C=CC=Cc3ccccc3)cc2)cc1. The van der Waals surface area contributed by atoms with Crippen LogP contribution in [0.2, 0.25) is 0 Å². The molecule has 0 amide bonds. The summed E-state index contributed by atoms with van der Waals surface area (Å²) in [6.45, 7) is 0. The van der Waals surface area contributed by atoms with E-state index in [0.29, 0.717) is 5.56 Å². The average Bonchev–Trinajstić information content (AvgIpc) is 2.72. The summed E-state index contributed by atoms with van der Waals surface area (Å²) >= 11 is 0. The predicted molar refractivity (Wildman–Crippen MR) is 108 cm³/mol. The quantitative estimate of drug-likeness (QED) is 0.429. The van der Waals surface area contributed by atoms with Gasteiger partial charge in [0.25, 0.3) is 0 Å². The van der Waals surface area contributed by atoms with Crippen molar-refractivity contribution in [3.05, 3.63) is 108 Å². The van der Waals surface area contributed by atoms with Crippen molar-refractivity contribution in [2.75, 3.05) is 7.11 Å². The first kappa shape index (κ1) is 17.4. The maximum atomic E-state index is 11.5. The second-order valence-electron chi connectivity index (χ2n) is 5.82. The molecule has 0 saturated carbocycles. The molecular formula is C24H20O2. The molecule has 0 unspecified atom stereocenters. The molecule has 0 spiro atoms. The third-order valence-corrected chi connectivity index (χ3v) is 4.04. The van der Waals surface area contributed by atoms with E-state index in [9.17, 15) is 4.79 Å². The minimum absolute atomic E-state index is 0.319. The second-order valence-corrected chi connectivity index (χ2v) is 5.82. The Morgan fingerprint density at radius 2 is 1.19 bits per heavy atom. The van der Waals surface area contributed by atoms with E-state index >= 15 is 0 Å². The highest BCUT2D eigenvalue weighted by atomic mass is 16.5. The molecular weight excluding hydrogens is 320 g/mol. The second kappa shape index (κ2) is 8.63. The minimum atomic E-state index is -0.319. The molecule has 0 fully saturated rings. The number of carbonyl (C=O) groups is 1. The van der Waals surface area contributed by atoms with Crippen LogP contribution in [0.5, 0.6) is 0 Å². The van der Waals surface area contributed by atoms with E-state index in [4.69, 9.17) is 4.74 Å². The molecule has 3 aromatic carbocycles. The van der Waals surface area contributed by atoms with Crippen molar-refractivity contribution >= 4 is 18.1 Å². The first-order valence-corrected chi connectivity index (χ1v) is 8.45. The fourth-order valence-corrected chi connectivity index (χ4v) is 2.60. The summed E-state index contributed by atoms with van der Waals surface area (Å²) in [4.78, 5) is 11.5. The smallest absolute Gasteiger partial charge is 0.337 e. The van der Waals surface area contributed by atoms with E-state index in [1.165, 1.54) is 12.7 Å². The zero-order chi connectivity index (χ0) is 18.2. The van der Waals surface area contributed by atoms with E-state index in [0.717, 1.165) is 16.7 Å². The third kappa shape index (κ3) is 4.58. The molecule has 26 heavy (non-hydrogen) atoms. The highest BCUT2D eigenvalue weighted by molar-refractivity contribution is 5.90. The molecule has 0 atom stereocenters. The standard InChI is InChI=1S/C24H20O2/c1-26-24(25)23-17-15-22(16-18-23)21-13-11-20(12-14-21)10-6-5-9-19-7-3-2-4-8-19/h2-18H,1H3. The van der Waals surface area contributed by atoms with Crippen molar-refractivity contribution in [1.82, 2.24) is 0 Å². The highest BCUT2D eigenvalue weighted by Crippen LogP contribution is 2.21. The molecule has 0 saturated heterocycles. The van der Waals surface area contributed by atoms with Gasteiger partial charge in [0, 0.05) is 0 Å². The van der Waals surface area contributed by atoms with Gasteiger partial charge in [0.05, 0.1) is 12.7 Å². The van der Waals surface area contributed by atoms with E-state index in [2.05, 4.69) is 48.6 Å². The number of carbonyl (C=O) groups excluding carboxylic acids is 1. The number of rotatable bonds is 5. The van der Waals surface area contributed by atoms with Crippen LogP contribution in [-0.4, -0.2) is 13.1 Å². The number of hydrogen-bond donors (Lipinski definition) is 0. The minimum Gasteiger partial charge on any atom is -0.465 e. The topological polar surface area (TPSA) is 26.3 Å². The van der Waals surface area contributed by atoms with Crippen LogP contribution in [0.3, 0.4) is 0 Å². The number of esters is 1. The van der Waals surface area contributed by atoms with Gasteiger partial charge in [-0.25, -0.2) is 4.79 Å². The summed E-state index contributed by atoms with van der Waals surface area (Å²) < 4.78 is 4.72. The Morgan fingerprint density at radius 1 is 0.692 bits per heavy atom. The Morgan fingerprint density at radius 3 is 1.73 bits per heavy atom. The number of methoxy groups -OCH3 is 1. The Kier molecular flexibility index (Phi) is 5.79. The molecule has 0 aliphatic rings. The normalized spacial score (nSPS) is 11.1. The highest BCUT2D eigenvalue weighted by Gasteiger charge is 2.05. The lowest BCUT2D eigenvalue weighted by Gasteiger charge is -2.04. The summed E-state index contributed by atoms with van der Waals surface area (Å²) in [6, 6.07) is 26.0. The molecule has 2 nitrogen and oxygen atoms in total. The lowest BCUT2D eigenvalue weighted by molar-refractivity contribution is 0.0601. The zero-order valence-electron chi connectivity index (χ0n) is 14.6. The summed E-state index contributed by atoms with van der Waals surface area (Å²) in [5.74, 6) is -0.319. The van der Waals surface area contributed by atoms with Crippen LogP contribution in [0.1, 0.15) is 21.5 Å². The molecule has 2 heteroatoms. The number of allylic oxidation sites excluding steroid dienone is 2. The molecule has 3 rings (SSSR count). The Labute approximate surface area is 154 Å². The maximum absolute atomic E-state index is 11.5. The summed E-state index contributed by atoms with van der Waals surface area (Å²) in [7, 11) is 1.39. The van der Waals surface area contributed by atoms with Gasteiger partial charge in [-0.15, -0.1) is 0 Å². The summed E-state index contributed by atoms with van der Waals surface area (Å²) in [6.07, 6.45) is 8.22. The van der Waals surface area contributed by atoms with Crippen LogP contribution in [0.15, 0.2) is 91.0 Å². The van der Waals surface area contributed by atoms with Gasteiger partial charge in [0.15, 0.2) is 0 Å².